The van der Waals surface area contributed by atoms with Crippen LogP contribution in [0, 0.1) is 58.2 Å². The van der Waals surface area contributed by atoms with E-state index in [-0.39, 0.29) is 55.4 Å². The zero-order valence-corrected chi connectivity index (χ0v) is 35.1. The quantitative estimate of drug-likeness (QED) is 0.0559. The number of quaternary nitrogens is 1. The summed E-state index contributed by atoms with van der Waals surface area (Å²) in [5.74, 6) is 2.63. The Bertz CT molecular complexity index is 1230. The van der Waals surface area contributed by atoms with Crippen molar-refractivity contribution in [1.29, 1.82) is 0 Å². The Hall–Kier alpha value is -0.910. The summed E-state index contributed by atoms with van der Waals surface area (Å²) < 4.78 is 28.9. The van der Waals surface area contributed by atoms with Crippen LogP contribution in [0.3, 0.4) is 0 Å². The summed E-state index contributed by atoms with van der Waals surface area (Å²) in [7, 11) is 3.05. The van der Waals surface area contributed by atoms with Crippen LogP contribution in [0.2, 0.25) is 0 Å². The average Bonchev–Trinajstić information content (AvgIpc) is 3.45. The van der Waals surface area contributed by atoms with Crippen LogP contribution in [-0.2, 0) is 27.9 Å². The van der Waals surface area contributed by atoms with Crippen LogP contribution in [0.25, 0.3) is 0 Å². The number of nitrogens with zero attached hydrogens (tertiary/aromatic N) is 1. The van der Waals surface area contributed by atoms with Gasteiger partial charge in [0.05, 0.1) is 46.4 Å². The van der Waals surface area contributed by atoms with Gasteiger partial charge in [0.1, 0.15) is 18.9 Å². The first-order valence-corrected chi connectivity index (χ1v) is 22.4. The number of rotatable bonds is 22. The zero-order valence-electron chi connectivity index (χ0n) is 34.2. The number of phosphoric acid groups is 1. The molecule has 11 nitrogen and oxygen atoms in total. The highest BCUT2D eigenvalue weighted by atomic mass is 31.2. The summed E-state index contributed by atoms with van der Waals surface area (Å²) in [5, 5.41) is 22.8. The lowest BCUT2D eigenvalue weighted by Crippen LogP contribution is -2.54. The van der Waals surface area contributed by atoms with Gasteiger partial charge in [0, 0.05) is 39.0 Å². The summed E-state index contributed by atoms with van der Waals surface area (Å²) in [6.45, 7) is 8.47. The van der Waals surface area contributed by atoms with Crippen molar-refractivity contribution in [3.63, 3.8) is 0 Å². The van der Waals surface area contributed by atoms with Gasteiger partial charge in [0.25, 0.3) is 0 Å². The molecule has 4 aliphatic carbocycles. The molecule has 4 N–H and O–H groups in total. The Morgan fingerprint density at radius 2 is 1.66 bits per heavy atom. The molecule has 4 aliphatic rings. The molecule has 308 valence electrons. The summed E-state index contributed by atoms with van der Waals surface area (Å²) in [6.07, 6.45) is 13.9. The third-order valence-corrected chi connectivity index (χ3v) is 15.6. The van der Waals surface area contributed by atoms with Crippen molar-refractivity contribution in [2.24, 2.45) is 58.2 Å². The minimum atomic E-state index is -4.41. The minimum Gasteiger partial charge on any atom is -0.396 e. The molecule has 0 aromatic rings. The van der Waals surface area contributed by atoms with E-state index in [1.807, 2.05) is 21.1 Å². The third kappa shape index (κ3) is 12.0. The molecule has 0 aliphatic heterocycles. The van der Waals surface area contributed by atoms with Gasteiger partial charge in [-0.15, -0.1) is 0 Å². The fourth-order valence-corrected chi connectivity index (χ4v) is 12.2. The molecule has 12 heteroatoms. The fraction of sp³-hybridized carbons (Fsp3) is 0.951. The van der Waals surface area contributed by atoms with Crippen molar-refractivity contribution in [3.8, 4) is 0 Å². The van der Waals surface area contributed by atoms with Gasteiger partial charge in [-0.05, 0) is 123 Å². The number of Topliss-reactive ketones (excluding diaryl/α,β-unsaturated/α-hetero) is 1. The summed E-state index contributed by atoms with van der Waals surface area (Å²) >= 11 is 0. The summed E-state index contributed by atoms with van der Waals surface area (Å²) in [6, 6.07) is 0. The Morgan fingerprint density at radius 3 is 2.36 bits per heavy atom. The van der Waals surface area contributed by atoms with Crippen molar-refractivity contribution in [2.45, 2.75) is 123 Å². The highest BCUT2D eigenvalue weighted by molar-refractivity contribution is 7.47. The molecule has 4 fully saturated rings. The van der Waals surface area contributed by atoms with Crippen LogP contribution >= 0.6 is 7.82 Å². The third-order valence-electron chi connectivity index (χ3n) is 14.6. The number of carbonyl (C=O) groups is 2. The van der Waals surface area contributed by atoms with Gasteiger partial charge in [-0.2, -0.15) is 0 Å². The Kier molecular flexibility index (Phi) is 16.5. The summed E-state index contributed by atoms with van der Waals surface area (Å²) in [5.41, 5.74) is 0.646. The van der Waals surface area contributed by atoms with Crippen LogP contribution in [0.4, 0.5) is 0 Å². The molecule has 4 rings (SSSR count). The average molecular weight is 772 g/mol. The number of fused-ring (bicyclic) bond motifs is 5. The number of aliphatic hydroxyl groups is 2. The molecular weight excluding hydrogens is 695 g/mol. The lowest BCUT2D eigenvalue weighted by Gasteiger charge is -2.61. The molecule has 1 amide bonds. The van der Waals surface area contributed by atoms with Gasteiger partial charge < -0.3 is 29.6 Å². The molecule has 0 heterocycles. The van der Waals surface area contributed by atoms with Crippen molar-refractivity contribution < 1.29 is 47.5 Å². The number of amides is 1. The van der Waals surface area contributed by atoms with Crippen LogP contribution in [0.5, 0.6) is 0 Å². The molecule has 0 aromatic heterocycles. The maximum absolute atomic E-state index is 13.5. The van der Waals surface area contributed by atoms with Crippen molar-refractivity contribution >= 4 is 19.5 Å². The largest absolute Gasteiger partial charge is 0.472 e. The first kappa shape index (κ1) is 44.8. The first-order chi connectivity index (χ1) is 24.9. The molecule has 4 saturated carbocycles. The van der Waals surface area contributed by atoms with E-state index in [2.05, 4.69) is 26.1 Å². The van der Waals surface area contributed by atoms with Gasteiger partial charge in [-0.3, -0.25) is 18.6 Å². The predicted molar refractivity (Wildman–Crippen MR) is 207 cm³/mol. The number of carbonyl (C=O) groups excluding carboxylic acids is 2. The molecule has 0 spiro atoms. The maximum atomic E-state index is 13.5. The molecule has 6 unspecified atom stereocenters. The number of likely N-dealkylation sites (N-methyl/N-ethyl adjacent to an activating group) is 1. The number of nitrogens with one attached hydrogen (secondary N) is 1. The second-order valence-corrected chi connectivity index (χ2v) is 20.6. The Balaban J connectivity index is 1.31. The van der Waals surface area contributed by atoms with Crippen LogP contribution in [0.1, 0.15) is 117 Å². The molecule has 0 radical (unpaired) electrons. The zero-order chi connectivity index (χ0) is 39.0. The topological polar surface area (TPSA) is 152 Å². The number of aliphatic hydroxyl groups excluding tert-OH is 2. The van der Waals surface area contributed by atoms with Gasteiger partial charge in [-0.25, -0.2) is 4.57 Å². The summed E-state index contributed by atoms with van der Waals surface area (Å²) in [4.78, 5) is 37.2. The van der Waals surface area contributed by atoms with Crippen molar-refractivity contribution in [3.05, 3.63) is 0 Å². The van der Waals surface area contributed by atoms with E-state index in [0.29, 0.717) is 60.2 Å². The number of hydrogen-bond donors (Lipinski definition) is 4. The molecule has 0 aromatic carbocycles. The van der Waals surface area contributed by atoms with Crippen LogP contribution in [-0.4, -0.2) is 105 Å². The van der Waals surface area contributed by atoms with Crippen molar-refractivity contribution in [1.82, 2.24) is 5.32 Å². The highest BCUT2D eigenvalue weighted by Crippen LogP contribution is 2.68. The van der Waals surface area contributed by atoms with E-state index < -0.39 is 13.7 Å². The first-order valence-electron chi connectivity index (χ1n) is 20.9. The number of ketones is 1. The normalized spacial score (nSPS) is 34.2. The second-order valence-electron chi connectivity index (χ2n) is 19.2. The lowest BCUT2D eigenvalue weighted by molar-refractivity contribution is -0.870. The molecular formula is C41H76N2O9P+. The van der Waals surface area contributed by atoms with E-state index in [9.17, 15) is 29.3 Å². The lowest BCUT2D eigenvalue weighted by atomic mass is 9.44. The van der Waals surface area contributed by atoms with Gasteiger partial charge in [0.15, 0.2) is 0 Å². The molecule has 0 bridgehead atoms. The second kappa shape index (κ2) is 19.5. The number of phosphoric ester groups is 1. The van der Waals surface area contributed by atoms with Gasteiger partial charge in [0.2, 0.25) is 5.91 Å². The maximum Gasteiger partial charge on any atom is 0.472 e. The monoisotopic (exact) mass is 772 g/mol. The van der Waals surface area contributed by atoms with Gasteiger partial charge in [-0.1, -0.05) is 27.2 Å². The van der Waals surface area contributed by atoms with E-state index >= 15 is 0 Å². The Labute approximate surface area is 320 Å². The molecule has 12 atom stereocenters. The Morgan fingerprint density at radius 1 is 0.943 bits per heavy atom. The van der Waals surface area contributed by atoms with E-state index in [0.717, 1.165) is 56.3 Å². The fourth-order valence-electron chi connectivity index (χ4n) is 11.4. The number of unbranched alkanes of at least 4 members (excludes halogenated alkanes) is 1. The number of methoxy groups -OCH3 is 1. The smallest absolute Gasteiger partial charge is 0.396 e. The molecule has 53 heavy (non-hydrogen) atoms. The van der Waals surface area contributed by atoms with E-state index in [1.54, 1.807) is 7.11 Å². The predicted octanol–water partition coefficient (Wildman–Crippen LogP) is 6.38. The molecule has 0 saturated heterocycles. The van der Waals surface area contributed by atoms with Crippen LogP contribution < -0.4 is 5.32 Å². The van der Waals surface area contributed by atoms with Crippen LogP contribution in [0.15, 0.2) is 0 Å². The SMILES string of the molecule is COCC(CO)CCCCNC(=O)[C@H](COP(=O)(O)OCC[N+](C)(C)C)CC(=O)CC[C@@H](C)[C@H]1CCC2C3CCC4C[C@H](O)CC[C@]4(C)C3CC[C@@]21C. The van der Waals surface area contributed by atoms with E-state index in [1.165, 1.54) is 38.5 Å². The highest BCUT2D eigenvalue weighted by Gasteiger charge is 2.60. The van der Waals surface area contributed by atoms with Gasteiger partial charge >= 0.3 is 7.82 Å². The number of ether oxygens (including phenoxy) is 1. The number of hydrogen-bond acceptors (Lipinski definition) is 8. The standard InChI is InChI=1S/C41H75N2O9P/c1-29(36-15-16-37-35-14-12-32-25-34(46)17-19-40(32,2)38(35)18-20-41(36,37)3)11-13-33(45)24-31(28-52-53(48,49)51-23-22-43(4,5)6)39(47)42-21-9-8-10-30(26-44)27-50-7/h29-32,34-38,44,46H,8-28H2,1-7H3,(H-,42,47,48,49)/p+1/t29-,30?,31+,32?,34-,35?,36-,37?,38?,40+,41-/m1/s1. The van der Waals surface area contributed by atoms with Crippen molar-refractivity contribution in [2.75, 3.05) is 67.8 Å². The minimum absolute atomic E-state index is 0.0230. The van der Waals surface area contributed by atoms with E-state index in [4.69, 9.17) is 13.8 Å².